The van der Waals surface area contributed by atoms with Gasteiger partial charge in [0.15, 0.2) is 11.5 Å². The molecular formula is C21H19N3O4. The van der Waals surface area contributed by atoms with Gasteiger partial charge in [-0.15, -0.1) is 0 Å². The van der Waals surface area contributed by atoms with Crippen molar-refractivity contribution in [1.82, 2.24) is 0 Å². The van der Waals surface area contributed by atoms with Gasteiger partial charge in [-0.3, -0.25) is 14.6 Å². The Labute approximate surface area is 162 Å². The van der Waals surface area contributed by atoms with Crippen LogP contribution in [0, 0.1) is 5.92 Å². The van der Waals surface area contributed by atoms with Crippen LogP contribution in [0.15, 0.2) is 47.5 Å². The molecule has 1 atom stereocenters. The normalized spacial score (nSPS) is 19.6. The number of nitrogens with one attached hydrogen (secondary N) is 1. The predicted octanol–water partition coefficient (Wildman–Crippen LogP) is 3.27. The summed E-state index contributed by atoms with van der Waals surface area (Å²) >= 11 is 0. The molecule has 0 radical (unpaired) electrons. The summed E-state index contributed by atoms with van der Waals surface area (Å²) in [7, 11) is 0. The van der Waals surface area contributed by atoms with Crippen molar-refractivity contribution >= 4 is 34.6 Å². The van der Waals surface area contributed by atoms with Crippen molar-refractivity contribution in [2.45, 2.75) is 19.3 Å². The van der Waals surface area contributed by atoms with Gasteiger partial charge in [0.25, 0.3) is 0 Å². The van der Waals surface area contributed by atoms with Gasteiger partial charge in [0.1, 0.15) is 6.54 Å². The average Bonchev–Trinajstić information content (AvgIpc) is 3.33. The number of para-hydroxylation sites is 2. The first-order chi connectivity index (χ1) is 13.7. The van der Waals surface area contributed by atoms with Crippen LogP contribution < -0.4 is 19.7 Å². The average molecular weight is 377 g/mol. The predicted molar refractivity (Wildman–Crippen MR) is 104 cm³/mol. The van der Waals surface area contributed by atoms with Crippen LogP contribution in [-0.4, -0.2) is 30.9 Å². The molecule has 0 bridgehead atoms. The van der Waals surface area contributed by atoms with E-state index in [1.165, 1.54) is 0 Å². The molecule has 1 N–H and O–H groups in total. The van der Waals surface area contributed by atoms with Gasteiger partial charge in [0.2, 0.25) is 18.6 Å². The molecule has 1 saturated carbocycles. The zero-order chi connectivity index (χ0) is 19.1. The minimum absolute atomic E-state index is 0.0537. The fraction of sp³-hybridized carbons (Fsp3) is 0.286. The van der Waals surface area contributed by atoms with Crippen molar-refractivity contribution < 1.29 is 19.1 Å². The number of aliphatic imine (C=N–C) groups is 1. The van der Waals surface area contributed by atoms with Gasteiger partial charge >= 0.3 is 0 Å². The molecule has 1 aliphatic carbocycles. The number of benzene rings is 2. The van der Waals surface area contributed by atoms with Crippen molar-refractivity contribution in [3.8, 4) is 11.5 Å². The zero-order valence-electron chi connectivity index (χ0n) is 15.2. The Hall–Kier alpha value is -3.35. The summed E-state index contributed by atoms with van der Waals surface area (Å²) in [5.41, 5.74) is 2.94. The van der Waals surface area contributed by atoms with E-state index >= 15 is 0 Å². The lowest BCUT2D eigenvalue weighted by Crippen LogP contribution is -2.41. The Morgan fingerprint density at radius 1 is 1.18 bits per heavy atom. The number of rotatable bonds is 3. The molecule has 3 aliphatic rings. The standard InChI is InChI=1S/C21H19N3O4/c25-20(22-13-8-9-18-19(10-13)28-12-27-18)11-24-17-7-2-1-5-16(17)23-15-6-3-4-14(15)21(24)26/h1-2,5,7-10,14H,3-4,6,11-12H2,(H,22,25). The fourth-order valence-electron chi connectivity index (χ4n) is 3.96. The third-order valence-electron chi connectivity index (χ3n) is 5.29. The van der Waals surface area contributed by atoms with Crippen LogP contribution >= 0.6 is 0 Å². The lowest BCUT2D eigenvalue weighted by Gasteiger charge is -2.24. The number of nitrogens with zero attached hydrogens (tertiary/aromatic N) is 2. The SMILES string of the molecule is O=C(CN1C(=O)C2CCCC2=Nc2ccccc21)Nc1ccc2c(c1)OCO2. The van der Waals surface area contributed by atoms with Crippen LogP contribution in [0.5, 0.6) is 11.5 Å². The molecule has 2 aliphatic heterocycles. The third kappa shape index (κ3) is 2.89. The molecule has 142 valence electrons. The van der Waals surface area contributed by atoms with E-state index in [9.17, 15) is 9.59 Å². The molecule has 2 aromatic carbocycles. The number of amides is 2. The molecule has 2 aromatic rings. The molecule has 1 unspecified atom stereocenters. The van der Waals surface area contributed by atoms with E-state index < -0.39 is 0 Å². The van der Waals surface area contributed by atoms with Crippen molar-refractivity contribution in [2.75, 3.05) is 23.6 Å². The number of ether oxygens (including phenoxy) is 2. The molecule has 0 saturated heterocycles. The quantitative estimate of drug-likeness (QED) is 0.890. The van der Waals surface area contributed by atoms with Gasteiger partial charge in [0.05, 0.1) is 17.3 Å². The number of carbonyl (C=O) groups is 2. The highest BCUT2D eigenvalue weighted by atomic mass is 16.7. The van der Waals surface area contributed by atoms with E-state index in [-0.39, 0.29) is 31.1 Å². The fourth-order valence-corrected chi connectivity index (χ4v) is 3.96. The molecule has 2 amide bonds. The van der Waals surface area contributed by atoms with Crippen molar-refractivity contribution in [2.24, 2.45) is 10.9 Å². The zero-order valence-corrected chi connectivity index (χ0v) is 15.2. The largest absolute Gasteiger partial charge is 0.454 e. The topological polar surface area (TPSA) is 80.2 Å². The number of hydrogen-bond donors (Lipinski definition) is 1. The van der Waals surface area contributed by atoms with Gasteiger partial charge in [-0.1, -0.05) is 12.1 Å². The highest BCUT2D eigenvalue weighted by molar-refractivity contribution is 6.16. The second-order valence-electron chi connectivity index (χ2n) is 7.08. The van der Waals surface area contributed by atoms with Crippen molar-refractivity contribution in [1.29, 1.82) is 0 Å². The Morgan fingerprint density at radius 2 is 2.04 bits per heavy atom. The number of carbonyl (C=O) groups excluding carboxylic acids is 2. The van der Waals surface area contributed by atoms with Crippen LogP contribution in [0.1, 0.15) is 19.3 Å². The summed E-state index contributed by atoms with van der Waals surface area (Å²) in [6, 6.07) is 12.7. The lowest BCUT2D eigenvalue weighted by molar-refractivity contribution is -0.122. The minimum atomic E-state index is -0.275. The number of anilines is 2. The van der Waals surface area contributed by atoms with Crippen molar-refractivity contribution in [3.63, 3.8) is 0 Å². The first kappa shape index (κ1) is 16.8. The van der Waals surface area contributed by atoms with Gasteiger partial charge in [-0.2, -0.15) is 0 Å². The van der Waals surface area contributed by atoms with E-state index in [1.54, 1.807) is 23.1 Å². The second kappa shape index (κ2) is 6.67. The Morgan fingerprint density at radius 3 is 2.96 bits per heavy atom. The van der Waals surface area contributed by atoms with E-state index in [2.05, 4.69) is 5.32 Å². The molecule has 5 rings (SSSR count). The molecular weight excluding hydrogens is 358 g/mol. The molecule has 7 heteroatoms. The van der Waals surface area contributed by atoms with Gasteiger partial charge < -0.3 is 19.7 Å². The Balaban J connectivity index is 1.39. The molecule has 1 fully saturated rings. The Kier molecular flexibility index (Phi) is 4.00. The second-order valence-corrected chi connectivity index (χ2v) is 7.08. The summed E-state index contributed by atoms with van der Waals surface area (Å²) in [4.78, 5) is 32.2. The first-order valence-electron chi connectivity index (χ1n) is 9.36. The van der Waals surface area contributed by atoms with E-state index in [4.69, 9.17) is 14.5 Å². The maximum atomic E-state index is 13.2. The van der Waals surface area contributed by atoms with Crippen LogP contribution in [0.4, 0.5) is 17.1 Å². The first-order valence-corrected chi connectivity index (χ1v) is 9.36. The van der Waals surface area contributed by atoms with Crippen LogP contribution in [0.2, 0.25) is 0 Å². The summed E-state index contributed by atoms with van der Waals surface area (Å²) in [6.45, 7) is 0.110. The molecule has 0 spiro atoms. The highest BCUT2D eigenvalue weighted by Crippen LogP contribution is 2.38. The monoisotopic (exact) mass is 377 g/mol. The van der Waals surface area contributed by atoms with Gasteiger partial charge in [0, 0.05) is 17.5 Å². The van der Waals surface area contributed by atoms with Crippen molar-refractivity contribution in [3.05, 3.63) is 42.5 Å². The molecule has 0 aromatic heterocycles. The van der Waals surface area contributed by atoms with Crippen LogP contribution in [-0.2, 0) is 9.59 Å². The number of fused-ring (bicyclic) bond motifs is 3. The lowest BCUT2D eigenvalue weighted by atomic mass is 10.1. The van der Waals surface area contributed by atoms with E-state index in [1.807, 2.05) is 24.3 Å². The molecule has 7 nitrogen and oxygen atoms in total. The summed E-state index contributed by atoms with van der Waals surface area (Å²) < 4.78 is 10.6. The maximum Gasteiger partial charge on any atom is 0.244 e. The third-order valence-corrected chi connectivity index (χ3v) is 5.29. The van der Waals surface area contributed by atoms with E-state index in [0.29, 0.717) is 22.9 Å². The van der Waals surface area contributed by atoms with Gasteiger partial charge in [-0.25, -0.2) is 0 Å². The van der Waals surface area contributed by atoms with E-state index in [0.717, 1.165) is 30.7 Å². The summed E-state index contributed by atoms with van der Waals surface area (Å²) in [6.07, 6.45) is 2.57. The van der Waals surface area contributed by atoms with Crippen LogP contribution in [0.25, 0.3) is 0 Å². The highest BCUT2D eigenvalue weighted by Gasteiger charge is 2.37. The number of hydrogen-bond acceptors (Lipinski definition) is 5. The smallest absolute Gasteiger partial charge is 0.244 e. The summed E-state index contributed by atoms with van der Waals surface area (Å²) in [5.74, 6) is 0.690. The Bertz CT molecular complexity index is 1000. The molecule has 28 heavy (non-hydrogen) atoms. The summed E-state index contributed by atoms with van der Waals surface area (Å²) in [5, 5.41) is 2.84. The van der Waals surface area contributed by atoms with Crippen LogP contribution in [0.3, 0.4) is 0 Å². The minimum Gasteiger partial charge on any atom is -0.454 e. The maximum absolute atomic E-state index is 13.2. The molecule has 2 heterocycles. The van der Waals surface area contributed by atoms with Gasteiger partial charge in [-0.05, 0) is 43.5 Å².